The maximum absolute atomic E-state index is 5.25. The fraction of sp³-hybridized carbons (Fsp3) is 0.0769. The molecule has 1 N–H and O–H groups in total. The van der Waals surface area contributed by atoms with E-state index in [-0.39, 0.29) is 0 Å². The van der Waals surface area contributed by atoms with Crippen LogP contribution >= 0.6 is 0 Å². The van der Waals surface area contributed by atoms with Gasteiger partial charge in [-0.2, -0.15) is 5.10 Å². The van der Waals surface area contributed by atoms with Crippen LogP contribution < -0.4 is 0 Å². The molecule has 0 unspecified atom stereocenters. The molecule has 3 aromatic rings. The Labute approximate surface area is 98.3 Å². The van der Waals surface area contributed by atoms with Crippen molar-refractivity contribution in [1.29, 1.82) is 0 Å². The molecular weight excluding hydrogens is 214 g/mol. The molecule has 0 amide bonds. The zero-order valence-electron chi connectivity index (χ0n) is 9.34. The van der Waals surface area contributed by atoms with E-state index in [1.165, 1.54) is 5.56 Å². The lowest BCUT2D eigenvalue weighted by molar-refractivity contribution is 0.577. The highest BCUT2D eigenvalue weighted by atomic mass is 16.3. The minimum atomic E-state index is 0.644. The molecule has 0 aliphatic carbocycles. The number of H-pyrrole nitrogens is 1. The van der Waals surface area contributed by atoms with E-state index < -0.39 is 0 Å². The van der Waals surface area contributed by atoms with E-state index >= 15 is 0 Å². The van der Waals surface area contributed by atoms with Crippen molar-refractivity contribution in [2.75, 3.05) is 0 Å². The summed E-state index contributed by atoms with van der Waals surface area (Å²) in [6.07, 6.45) is 1.61. The average molecular weight is 225 g/mol. The highest BCUT2D eigenvalue weighted by Crippen LogP contribution is 2.20. The fourth-order valence-electron chi connectivity index (χ4n) is 1.62. The van der Waals surface area contributed by atoms with Gasteiger partial charge in [-0.15, -0.1) is 0 Å². The van der Waals surface area contributed by atoms with Crippen molar-refractivity contribution in [2.24, 2.45) is 0 Å². The van der Waals surface area contributed by atoms with E-state index in [9.17, 15) is 0 Å². The van der Waals surface area contributed by atoms with Crippen molar-refractivity contribution in [3.05, 3.63) is 48.2 Å². The second kappa shape index (κ2) is 3.90. The molecule has 0 atom stereocenters. The first-order valence-corrected chi connectivity index (χ1v) is 5.36. The molecule has 0 aliphatic heterocycles. The first-order valence-electron chi connectivity index (χ1n) is 5.36. The predicted molar refractivity (Wildman–Crippen MR) is 64.3 cm³/mol. The van der Waals surface area contributed by atoms with Crippen molar-refractivity contribution >= 4 is 0 Å². The van der Waals surface area contributed by atoms with Crippen LogP contribution in [-0.2, 0) is 0 Å². The van der Waals surface area contributed by atoms with Crippen molar-refractivity contribution in [1.82, 2.24) is 15.2 Å². The van der Waals surface area contributed by atoms with Gasteiger partial charge in [0, 0.05) is 5.56 Å². The highest BCUT2D eigenvalue weighted by molar-refractivity contribution is 5.58. The van der Waals surface area contributed by atoms with Gasteiger partial charge in [0.05, 0.1) is 6.26 Å². The van der Waals surface area contributed by atoms with Crippen LogP contribution in [0.1, 0.15) is 5.56 Å². The number of nitrogens with one attached hydrogen (secondary N) is 1. The molecule has 0 saturated carbocycles. The van der Waals surface area contributed by atoms with Crippen LogP contribution in [0.2, 0.25) is 0 Å². The van der Waals surface area contributed by atoms with E-state index in [2.05, 4.69) is 22.1 Å². The van der Waals surface area contributed by atoms with Gasteiger partial charge in [0.2, 0.25) is 0 Å². The molecule has 0 spiro atoms. The molecule has 1 aromatic carbocycles. The van der Waals surface area contributed by atoms with Crippen LogP contribution in [0.5, 0.6) is 0 Å². The average Bonchev–Trinajstić information content (AvgIpc) is 3.00. The van der Waals surface area contributed by atoms with E-state index in [1.54, 1.807) is 6.26 Å². The number of aryl methyl sites for hydroxylation is 1. The van der Waals surface area contributed by atoms with Gasteiger partial charge in [0.1, 0.15) is 0 Å². The van der Waals surface area contributed by atoms with Gasteiger partial charge < -0.3 is 4.42 Å². The van der Waals surface area contributed by atoms with Crippen molar-refractivity contribution in [2.45, 2.75) is 6.92 Å². The van der Waals surface area contributed by atoms with E-state index in [0.717, 1.165) is 5.56 Å². The molecule has 0 bridgehead atoms. The van der Waals surface area contributed by atoms with Crippen LogP contribution in [-0.4, -0.2) is 15.2 Å². The lowest BCUT2D eigenvalue weighted by Gasteiger charge is -1.95. The Hall–Kier alpha value is -2.36. The number of hydrogen-bond donors (Lipinski definition) is 1. The van der Waals surface area contributed by atoms with Crippen LogP contribution in [0.3, 0.4) is 0 Å². The van der Waals surface area contributed by atoms with Gasteiger partial charge in [-0.05, 0) is 19.1 Å². The topological polar surface area (TPSA) is 54.7 Å². The Morgan fingerprint density at radius 1 is 1.12 bits per heavy atom. The molecule has 2 heterocycles. The van der Waals surface area contributed by atoms with Gasteiger partial charge in [-0.1, -0.05) is 29.8 Å². The summed E-state index contributed by atoms with van der Waals surface area (Å²) in [6.45, 7) is 2.05. The highest BCUT2D eigenvalue weighted by Gasteiger charge is 2.08. The summed E-state index contributed by atoms with van der Waals surface area (Å²) in [5.41, 5.74) is 2.21. The van der Waals surface area contributed by atoms with Gasteiger partial charge in [-0.3, -0.25) is 5.10 Å². The Balaban J connectivity index is 1.98. The number of rotatable bonds is 2. The molecule has 17 heavy (non-hydrogen) atoms. The van der Waals surface area contributed by atoms with E-state index in [1.807, 2.05) is 36.4 Å². The normalized spacial score (nSPS) is 10.6. The van der Waals surface area contributed by atoms with Gasteiger partial charge in [-0.25, -0.2) is 4.98 Å². The molecule has 3 rings (SSSR count). The standard InChI is InChI=1S/C13H11N3O/c1-9-4-6-10(7-5-9)12-14-13(16-15-12)11-3-2-8-17-11/h2-8H,1H3,(H,14,15,16). The lowest BCUT2D eigenvalue weighted by atomic mass is 10.1. The van der Waals surface area contributed by atoms with Gasteiger partial charge in [0.15, 0.2) is 17.4 Å². The van der Waals surface area contributed by atoms with Gasteiger partial charge >= 0.3 is 0 Å². The summed E-state index contributed by atoms with van der Waals surface area (Å²) in [5, 5.41) is 7.04. The molecule has 2 aromatic heterocycles. The number of aromatic nitrogens is 3. The zero-order chi connectivity index (χ0) is 11.7. The predicted octanol–water partition coefficient (Wildman–Crippen LogP) is 3.04. The van der Waals surface area contributed by atoms with Crippen LogP contribution in [0.25, 0.3) is 23.0 Å². The molecule has 4 heteroatoms. The fourth-order valence-corrected chi connectivity index (χ4v) is 1.62. The summed E-state index contributed by atoms with van der Waals surface area (Å²) < 4.78 is 5.25. The zero-order valence-corrected chi connectivity index (χ0v) is 9.34. The summed E-state index contributed by atoms with van der Waals surface area (Å²) in [4.78, 5) is 4.39. The first-order chi connectivity index (χ1) is 8.33. The Morgan fingerprint density at radius 2 is 1.94 bits per heavy atom. The monoisotopic (exact) mass is 225 g/mol. The Bertz CT molecular complexity index is 608. The second-order valence-corrected chi connectivity index (χ2v) is 3.85. The lowest BCUT2D eigenvalue weighted by Crippen LogP contribution is -1.81. The van der Waals surface area contributed by atoms with Crippen LogP contribution in [0, 0.1) is 6.92 Å². The summed E-state index contributed by atoms with van der Waals surface area (Å²) in [7, 11) is 0. The molecular formula is C13H11N3O. The first kappa shape index (κ1) is 9.84. The summed E-state index contributed by atoms with van der Waals surface area (Å²) in [5.74, 6) is 2.01. The van der Waals surface area contributed by atoms with Crippen molar-refractivity contribution in [3.63, 3.8) is 0 Å². The van der Waals surface area contributed by atoms with E-state index in [0.29, 0.717) is 17.4 Å². The summed E-state index contributed by atoms with van der Waals surface area (Å²) in [6, 6.07) is 11.8. The Kier molecular flexibility index (Phi) is 2.26. The molecule has 0 fully saturated rings. The largest absolute Gasteiger partial charge is 0.461 e. The third kappa shape index (κ3) is 1.85. The van der Waals surface area contributed by atoms with Crippen molar-refractivity contribution in [3.8, 4) is 23.0 Å². The molecule has 4 nitrogen and oxygen atoms in total. The smallest absolute Gasteiger partial charge is 0.192 e. The summed E-state index contributed by atoms with van der Waals surface area (Å²) >= 11 is 0. The van der Waals surface area contributed by atoms with Gasteiger partial charge in [0.25, 0.3) is 0 Å². The Morgan fingerprint density at radius 3 is 2.65 bits per heavy atom. The molecule has 0 radical (unpaired) electrons. The number of aromatic amines is 1. The van der Waals surface area contributed by atoms with Crippen molar-refractivity contribution < 1.29 is 4.42 Å². The van der Waals surface area contributed by atoms with E-state index in [4.69, 9.17) is 4.42 Å². The number of nitrogens with zero attached hydrogens (tertiary/aromatic N) is 2. The molecule has 84 valence electrons. The SMILES string of the molecule is Cc1ccc(-c2n[nH]c(-c3ccco3)n2)cc1. The molecule has 0 saturated heterocycles. The second-order valence-electron chi connectivity index (χ2n) is 3.85. The van der Waals surface area contributed by atoms with Crippen LogP contribution in [0.15, 0.2) is 47.1 Å². The number of hydrogen-bond acceptors (Lipinski definition) is 3. The number of furan rings is 1. The number of benzene rings is 1. The maximum Gasteiger partial charge on any atom is 0.192 e. The van der Waals surface area contributed by atoms with Crippen LogP contribution in [0.4, 0.5) is 0 Å². The maximum atomic E-state index is 5.25. The quantitative estimate of drug-likeness (QED) is 0.729. The molecule has 0 aliphatic rings. The third-order valence-electron chi connectivity index (χ3n) is 2.55. The minimum absolute atomic E-state index is 0.644. The minimum Gasteiger partial charge on any atom is -0.461 e. The third-order valence-corrected chi connectivity index (χ3v) is 2.55.